The van der Waals surface area contributed by atoms with Gasteiger partial charge in [0.05, 0.1) is 17.9 Å². The molecule has 0 saturated carbocycles. The number of hydrogen-bond acceptors (Lipinski definition) is 3. The lowest BCUT2D eigenvalue weighted by Gasteiger charge is -2.12. The zero-order chi connectivity index (χ0) is 18.0. The summed E-state index contributed by atoms with van der Waals surface area (Å²) >= 11 is 6.05. The van der Waals surface area contributed by atoms with Gasteiger partial charge in [0, 0.05) is 11.8 Å². The fraction of sp³-hybridized carbons (Fsp3) is 0.300. The highest BCUT2D eigenvalue weighted by Gasteiger charge is 2.19. The minimum Gasteiger partial charge on any atom is -0.496 e. The average molecular weight is 377 g/mol. The number of allylic oxidation sites excluding steroid dienone is 2. The maximum Gasteiger partial charge on any atom is 0.175 e. The van der Waals surface area contributed by atoms with Crippen LogP contribution in [0.2, 0.25) is 0 Å². The van der Waals surface area contributed by atoms with Crippen LogP contribution in [0.3, 0.4) is 0 Å². The van der Waals surface area contributed by atoms with Crippen LogP contribution in [0, 0.1) is 0 Å². The molecule has 2 aromatic carbocycles. The van der Waals surface area contributed by atoms with Crippen LogP contribution in [0.5, 0.6) is 5.75 Å². The molecular weight excluding hydrogens is 356 g/mol. The van der Waals surface area contributed by atoms with Gasteiger partial charge in [0.25, 0.3) is 0 Å². The van der Waals surface area contributed by atoms with Crippen LogP contribution in [0.15, 0.2) is 47.4 Å². The number of methoxy groups -OCH3 is 1. The maximum absolute atomic E-state index is 11.6. The van der Waals surface area contributed by atoms with Crippen molar-refractivity contribution in [3.8, 4) is 5.75 Å². The Morgan fingerprint density at radius 1 is 1.00 bits per heavy atom. The molecule has 25 heavy (non-hydrogen) atoms. The van der Waals surface area contributed by atoms with Gasteiger partial charge in [-0.2, -0.15) is 0 Å². The highest BCUT2D eigenvalue weighted by atomic mass is 35.5. The number of benzene rings is 2. The summed E-state index contributed by atoms with van der Waals surface area (Å²) in [5.74, 6) is 1.21. The molecule has 2 aromatic rings. The number of alkyl halides is 1. The van der Waals surface area contributed by atoms with E-state index >= 15 is 0 Å². The van der Waals surface area contributed by atoms with Gasteiger partial charge in [0.1, 0.15) is 5.75 Å². The SMILES string of the molecule is COc1ccc(C2=C(c3ccc(S(C)(=O)=O)cc3)CCC2)cc1CCl. The van der Waals surface area contributed by atoms with Crippen molar-refractivity contribution >= 4 is 32.6 Å². The summed E-state index contributed by atoms with van der Waals surface area (Å²) in [4.78, 5) is 0.352. The Hall–Kier alpha value is -1.78. The number of ether oxygens (including phenoxy) is 1. The third-order valence-corrected chi connectivity index (χ3v) is 6.04. The van der Waals surface area contributed by atoms with E-state index in [0.717, 1.165) is 41.7 Å². The fourth-order valence-electron chi connectivity index (χ4n) is 3.35. The van der Waals surface area contributed by atoms with Gasteiger partial charge >= 0.3 is 0 Å². The summed E-state index contributed by atoms with van der Waals surface area (Å²) in [7, 11) is -1.52. The molecule has 3 nitrogen and oxygen atoms in total. The average Bonchev–Trinajstić information content (AvgIpc) is 3.10. The largest absolute Gasteiger partial charge is 0.496 e. The number of halogens is 1. The lowest BCUT2D eigenvalue weighted by Crippen LogP contribution is -1.97. The van der Waals surface area contributed by atoms with Gasteiger partial charge in [-0.3, -0.25) is 0 Å². The first-order valence-corrected chi connectivity index (χ1v) is 10.6. The lowest BCUT2D eigenvalue weighted by molar-refractivity contribution is 0.411. The van der Waals surface area contributed by atoms with Crippen molar-refractivity contribution in [2.45, 2.75) is 30.0 Å². The molecule has 1 aliphatic carbocycles. The van der Waals surface area contributed by atoms with Gasteiger partial charge in [0.15, 0.2) is 9.84 Å². The van der Waals surface area contributed by atoms with Gasteiger partial charge in [-0.25, -0.2) is 8.42 Å². The van der Waals surface area contributed by atoms with Crippen molar-refractivity contribution in [1.29, 1.82) is 0 Å². The first-order valence-electron chi connectivity index (χ1n) is 8.20. The highest BCUT2D eigenvalue weighted by molar-refractivity contribution is 7.90. The Bertz CT molecular complexity index is 912. The molecule has 0 aliphatic heterocycles. The molecule has 1 aliphatic rings. The van der Waals surface area contributed by atoms with Gasteiger partial charge < -0.3 is 4.74 Å². The van der Waals surface area contributed by atoms with Gasteiger partial charge in [-0.05, 0) is 65.8 Å². The normalized spacial score (nSPS) is 14.8. The topological polar surface area (TPSA) is 43.4 Å². The molecular formula is C20H21ClO3S. The zero-order valence-electron chi connectivity index (χ0n) is 14.4. The predicted octanol–water partition coefficient (Wildman–Crippen LogP) is 4.93. The van der Waals surface area contributed by atoms with Crippen molar-refractivity contribution < 1.29 is 13.2 Å². The Kier molecular flexibility index (Phi) is 5.21. The fourth-order valence-corrected chi connectivity index (χ4v) is 4.19. The quantitative estimate of drug-likeness (QED) is 0.695. The van der Waals surface area contributed by atoms with E-state index in [1.165, 1.54) is 17.4 Å². The summed E-state index contributed by atoms with van der Waals surface area (Å²) in [6, 6.07) is 13.3. The second kappa shape index (κ2) is 7.22. The molecule has 0 unspecified atom stereocenters. The van der Waals surface area contributed by atoms with Crippen LogP contribution >= 0.6 is 11.6 Å². The monoisotopic (exact) mass is 376 g/mol. The molecule has 0 spiro atoms. The molecule has 0 saturated heterocycles. The minimum atomic E-state index is -3.17. The van der Waals surface area contributed by atoms with Crippen LogP contribution in [-0.4, -0.2) is 21.8 Å². The van der Waals surface area contributed by atoms with E-state index in [4.69, 9.17) is 16.3 Å². The van der Waals surface area contributed by atoms with Crippen molar-refractivity contribution in [1.82, 2.24) is 0 Å². The van der Waals surface area contributed by atoms with E-state index in [9.17, 15) is 8.42 Å². The lowest BCUT2D eigenvalue weighted by atomic mass is 9.96. The van der Waals surface area contributed by atoms with Crippen LogP contribution in [0.4, 0.5) is 0 Å². The van der Waals surface area contributed by atoms with Crippen molar-refractivity contribution in [2.75, 3.05) is 13.4 Å². The Balaban J connectivity index is 2.03. The smallest absolute Gasteiger partial charge is 0.175 e. The predicted molar refractivity (Wildman–Crippen MR) is 103 cm³/mol. The molecule has 0 aromatic heterocycles. The second-order valence-corrected chi connectivity index (χ2v) is 8.55. The van der Waals surface area contributed by atoms with E-state index in [-0.39, 0.29) is 0 Å². The van der Waals surface area contributed by atoms with Crippen LogP contribution < -0.4 is 4.74 Å². The van der Waals surface area contributed by atoms with E-state index in [1.54, 1.807) is 19.2 Å². The second-order valence-electron chi connectivity index (χ2n) is 6.27. The summed E-state index contributed by atoms with van der Waals surface area (Å²) in [5, 5.41) is 0. The molecule has 132 valence electrons. The van der Waals surface area contributed by atoms with Crippen molar-refractivity contribution in [3.05, 3.63) is 59.2 Å². The minimum absolute atomic E-state index is 0.352. The van der Waals surface area contributed by atoms with Crippen molar-refractivity contribution in [2.24, 2.45) is 0 Å². The molecule has 0 heterocycles. The Morgan fingerprint density at radius 3 is 2.16 bits per heavy atom. The van der Waals surface area contributed by atoms with Crippen molar-refractivity contribution in [3.63, 3.8) is 0 Å². The van der Waals surface area contributed by atoms with E-state index < -0.39 is 9.84 Å². The standard InChI is InChI=1S/C20H21ClO3S/c1-24-20-11-8-15(12-16(20)13-21)19-5-3-4-18(19)14-6-9-17(10-7-14)25(2,22)23/h6-12H,3-5,13H2,1-2H3. The summed E-state index contributed by atoms with van der Waals surface area (Å²) < 4.78 is 28.6. The highest BCUT2D eigenvalue weighted by Crippen LogP contribution is 2.41. The number of rotatable bonds is 5. The summed E-state index contributed by atoms with van der Waals surface area (Å²) in [6.07, 6.45) is 4.33. The molecule has 3 rings (SSSR count). The zero-order valence-corrected chi connectivity index (χ0v) is 16.0. The first-order chi connectivity index (χ1) is 11.9. The molecule has 0 amide bonds. The molecule has 0 atom stereocenters. The van der Waals surface area contributed by atoms with E-state index in [0.29, 0.717) is 10.8 Å². The van der Waals surface area contributed by atoms with Crippen LogP contribution in [0.25, 0.3) is 11.1 Å². The Labute approximate surface area is 154 Å². The summed E-state index contributed by atoms with van der Waals surface area (Å²) in [5.41, 5.74) is 5.82. The molecule has 0 radical (unpaired) electrons. The van der Waals surface area contributed by atoms with Crippen LogP contribution in [-0.2, 0) is 15.7 Å². The van der Waals surface area contributed by atoms with Gasteiger partial charge in [0.2, 0.25) is 0 Å². The van der Waals surface area contributed by atoms with E-state index in [2.05, 4.69) is 12.1 Å². The van der Waals surface area contributed by atoms with Gasteiger partial charge in [-0.15, -0.1) is 11.6 Å². The molecule has 0 fully saturated rings. The van der Waals surface area contributed by atoms with E-state index in [1.807, 2.05) is 18.2 Å². The summed E-state index contributed by atoms with van der Waals surface area (Å²) in [6.45, 7) is 0. The van der Waals surface area contributed by atoms with Crippen LogP contribution in [0.1, 0.15) is 36.0 Å². The first kappa shape index (κ1) is 18.0. The molecule has 0 N–H and O–H groups in total. The number of hydrogen-bond donors (Lipinski definition) is 0. The third kappa shape index (κ3) is 3.75. The number of sulfone groups is 1. The molecule has 0 bridgehead atoms. The molecule has 5 heteroatoms. The maximum atomic E-state index is 11.6. The Morgan fingerprint density at radius 2 is 1.60 bits per heavy atom. The third-order valence-electron chi connectivity index (χ3n) is 4.62. The van der Waals surface area contributed by atoms with Gasteiger partial charge in [-0.1, -0.05) is 18.2 Å².